The van der Waals surface area contributed by atoms with Crippen molar-refractivity contribution in [3.8, 4) is 0 Å². The molecule has 3 aromatic rings. The van der Waals surface area contributed by atoms with Crippen LogP contribution in [0.25, 0.3) is 5.57 Å². The number of nitrogens with zero attached hydrogens (tertiary/aromatic N) is 1. The maximum absolute atomic E-state index is 13.6. The van der Waals surface area contributed by atoms with Gasteiger partial charge in [0.05, 0.1) is 16.8 Å². The molecular weight excluding hydrogens is 412 g/mol. The smallest absolute Gasteiger partial charge is 0.350 e. The molecule has 3 aromatic carbocycles. The van der Waals surface area contributed by atoms with Gasteiger partial charge >= 0.3 is 6.18 Å². The minimum Gasteiger partial charge on any atom is -0.350 e. The van der Waals surface area contributed by atoms with Gasteiger partial charge in [0.25, 0.3) is 11.8 Å². The van der Waals surface area contributed by atoms with Gasteiger partial charge in [-0.1, -0.05) is 42.5 Å². The standard InChI is InChI=1S/C23H14F4N2O2/c24-16-9-5-10-17(13-16)28-20-19(14-6-2-1-3-7-14)21(30)29(22(20)31)18-11-4-8-15(12-18)23(25,26)27/h1-13,28H. The minimum absolute atomic E-state index is 0.0210. The number of anilines is 2. The largest absolute Gasteiger partial charge is 0.416 e. The van der Waals surface area contributed by atoms with Crippen LogP contribution >= 0.6 is 0 Å². The van der Waals surface area contributed by atoms with Crippen LogP contribution in [0.15, 0.2) is 84.6 Å². The van der Waals surface area contributed by atoms with Crippen molar-refractivity contribution in [1.82, 2.24) is 0 Å². The van der Waals surface area contributed by atoms with E-state index in [0.29, 0.717) is 10.5 Å². The fourth-order valence-corrected chi connectivity index (χ4v) is 3.28. The van der Waals surface area contributed by atoms with Crippen molar-refractivity contribution in [3.05, 3.63) is 102 Å². The van der Waals surface area contributed by atoms with Crippen molar-refractivity contribution in [3.63, 3.8) is 0 Å². The van der Waals surface area contributed by atoms with Crippen LogP contribution in [0.2, 0.25) is 0 Å². The Morgan fingerprint density at radius 3 is 2.16 bits per heavy atom. The van der Waals surface area contributed by atoms with E-state index in [1.807, 2.05) is 0 Å². The van der Waals surface area contributed by atoms with E-state index in [9.17, 15) is 27.2 Å². The number of rotatable bonds is 4. The lowest BCUT2D eigenvalue weighted by Crippen LogP contribution is -2.32. The number of carbonyl (C=O) groups is 2. The summed E-state index contributed by atoms with van der Waals surface area (Å²) in [5.41, 5.74) is -0.760. The zero-order valence-corrected chi connectivity index (χ0v) is 15.8. The second-order valence-electron chi connectivity index (χ2n) is 6.75. The van der Waals surface area contributed by atoms with Crippen molar-refractivity contribution in [2.75, 3.05) is 10.2 Å². The molecule has 0 spiro atoms. The lowest BCUT2D eigenvalue weighted by atomic mass is 10.0. The molecule has 0 unspecified atom stereocenters. The SMILES string of the molecule is O=C1C(Nc2cccc(F)c2)=C(c2ccccc2)C(=O)N1c1cccc(C(F)(F)F)c1. The maximum Gasteiger partial charge on any atom is 0.416 e. The first-order chi connectivity index (χ1) is 14.8. The molecule has 0 bridgehead atoms. The fourth-order valence-electron chi connectivity index (χ4n) is 3.28. The van der Waals surface area contributed by atoms with E-state index in [2.05, 4.69) is 5.32 Å². The van der Waals surface area contributed by atoms with Crippen LogP contribution < -0.4 is 10.2 Å². The zero-order valence-electron chi connectivity index (χ0n) is 15.8. The Morgan fingerprint density at radius 2 is 1.48 bits per heavy atom. The van der Waals surface area contributed by atoms with E-state index in [1.165, 1.54) is 24.3 Å². The molecule has 1 aliphatic heterocycles. The number of hydrogen-bond acceptors (Lipinski definition) is 3. The molecule has 0 aromatic heterocycles. The molecular formula is C23H14F4N2O2. The number of alkyl halides is 3. The number of benzene rings is 3. The normalized spacial score (nSPS) is 14.4. The average Bonchev–Trinajstić information content (AvgIpc) is 2.98. The van der Waals surface area contributed by atoms with Crippen molar-refractivity contribution in [2.45, 2.75) is 6.18 Å². The van der Waals surface area contributed by atoms with Crippen LogP contribution in [0.3, 0.4) is 0 Å². The van der Waals surface area contributed by atoms with Gasteiger partial charge in [0.1, 0.15) is 11.5 Å². The molecule has 1 N–H and O–H groups in total. The summed E-state index contributed by atoms with van der Waals surface area (Å²) in [5.74, 6) is -2.18. The molecule has 0 saturated heterocycles. The summed E-state index contributed by atoms with van der Waals surface area (Å²) in [6.45, 7) is 0. The number of nitrogens with one attached hydrogen (secondary N) is 1. The van der Waals surface area contributed by atoms with Crippen LogP contribution in [0.5, 0.6) is 0 Å². The number of amides is 2. The molecule has 0 atom stereocenters. The Balaban J connectivity index is 1.81. The van der Waals surface area contributed by atoms with E-state index in [1.54, 1.807) is 30.3 Å². The fraction of sp³-hybridized carbons (Fsp3) is 0.0435. The molecule has 0 radical (unpaired) electrons. The summed E-state index contributed by atoms with van der Waals surface area (Å²) >= 11 is 0. The predicted octanol–water partition coefficient (Wildman–Crippen LogP) is 5.24. The number of carbonyl (C=O) groups excluding carboxylic acids is 2. The first-order valence-corrected chi connectivity index (χ1v) is 9.14. The third-order valence-electron chi connectivity index (χ3n) is 4.67. The number of halogens is 4. The molecule has 2 amide bonds. The van der Waals surface area contributed by atoms with Crippen molar-refractivity contribution >= 4 is 28.8 Å². The highest BCUT2D eigenvalue weighted by Crippen LogP contribution is 2.36. The summed E-state index contributed by atoms with van der Waals surface area (Å²) in [6, 6.07) is 17.5. The monoisotopic (exact) mass is 426 g/mol. The van der Waals surface area contributed by atoms with Crippen LogP contribution in [-0.2, 0) is 15.8 Å². The highest BCUT2D eigenvalue weighted by Gasteiger charge is 2.41. The second-order valence-corrected chi connectivity index (χ2v) is 6.75. The van der Waals surface area contributed by atoms with Crippen molar-refractivity contribution in [2.24, 2.45) is 0 Å². The minimum atomic E-state index is -4.64. The lowest BCUT2D eigenvalue weighted by Gasteiger charge is -2.17. The Labute approximate surface area is 174 Å². The average molecular weight is 426 g/mol. The maximum atomic E-state index is 13.6. The molecule has 1 heterocycles. The van der Waals surface area contributed by atoms with Crippen LogP contribution in [0.4, 0.5) is 28.9 Å². The van der Waals surface area contributed by atoms with Gasteiger partial charge in [0, 0.05) is 5.69 Å². The van der Waals surface area contributed by atoms with Gasteiger partial charge in [-0.3, -0.25) is 9.59 Å². The van der Waals surface area contributed by atoms with Gasteiger partial charge in [-0.05, 0) is 42.0 Å². The van der Waals surface area contributed by atoms with E-state index >= 15 is 0 Å². The summed E-state index contributed by atoms with van der Waals surface area (Å²) in [7, 11) is 0. The molecule has 4 rings (SSSR count). The Hall–Kier alpha value is -3.94. The van der Waals surface area contributed by atoms with Crippen molar-refractivity contribution < 1.29 is 27.2 Å². The van der Waals surface area contributed by atoms with E-state index < -0.39 is 29.4 Å². The molecule has 156 valence electrons. The third-order valence-corrected chi connectivity index (χ3v) is 4.67. The topological polar surface area (TPSA) is 49.4 Å². The van der Waals surface area contributed by atoms with Crippen LogP contribution in [0, 0.1) is 5.82 Å². The van der Waals surface area contributed by atoms with E-state index in [-0.39, 0.29) is 22.6 Å². The molecule has 0 saturated carbocycles. The van der Waals surface area contributed by atoms with Gasteiger partial charge in [-0.2, -0.15) is 13.2 Å². The van der Waals surface area contributed by atoms with E-state index in [4.69, 9.17) is 0 Å². The lowest BCUT2D eigenvalue weighted by molar-refractivity contribution is -0.137. The third kappa shape index (κ3) is 3.92. The molecule has 1 aliphatic rings. The van der Waals surface area contributed by atoms with Crippen LogP contribution in [0.1, 0.15) is 11.1 Å². The summed E-state index contributed by atoms with van der Waals surface area (Å²) in [4.78, 5) is 27.0. The van der Waals surface area contributed by atoms with Gasteiger partial charge in [0.2, 0.25) is 0 Å². The quantitative estimate of drug-likeness (QED) is 0.459. The molecule has 4 nitrogen and oxygen atoms in total. The molecule has 0 fully saturated rings. The second kappa shape index (κ2) is 7.71. The first kappa shape index (κ1) is 20.3. The predicted molar refractivity (Wildman–Crippen MR) is 107 cm³/mol. The van der Waals surface area contributed by atoms with Gasteiger partial charge in [0.15, 0.2) is 0 Å². The highest BCUT2D eigenvalue weighted by atomic mass is 19.4. The molecule has 31 heavy (non-hydrogen) atoms. The first-order valence-electron chi connectivity index (χ1n) is 9.14. The van der Waals surface area contributed by atoms with E-state index in [0.717, 1.165) is 24.3 Å². The molecule has 0 aliphatic carbocycles. The Bertz CT molecular complexity index is 1200. The molecule has 8 heteroatoms. The van der Waals surface area contributed by atoms with Gasteiger partial charge in [-0.25, -0.2) is 9.29 Å². The highest BCUT2D eigenvalue weighted by molar-refractivity contribution is 6.46. The zero-order chi connectivity index (χ0) is 22.2. The Morgan fingerprint density at radius 1 is 0.774 bits per heavy atom. The van der Waals surface area contributed by atoms with Crippen LogP contribution in [-0.4, -0.2) is 11.8 Å². The number of imide groups is 1. The summed E-state index contributed by atoms with van der Waals surface area (Å²) in [6.07, 6.45) is -4.64. The Kier molecular flexibility index (Phi) is 5.06. The summed E-state index contributed by atoms with van der Waals surface area (Å²) in [5, 5.41) is 2.76. The van der Waals surface area contributed by atoms with Crippen molar-refractivity contribution in [1.29, 1.82) is 0 Å². The number of hydrogen-bond donors (Lipinski definition) is 1. The van der Waals surface area contributed by atoms with Gasteiger partial charge in [-0.15, -0.1) is 0 Å². The van der Waals surface area contributed by atoms with Gasteiger partial charge < -0.3 is 5.32 Å². The summed E-state index contributed by atoms with van der Waals surface area (Å²) < 4.78 is 53.0.